The maximum absolute atomic E-state index is 17.1. The number of piperidine rings is 1. The lowest BCUT2D eigenvalue weighted by Crippen LogP contribution is -2.39. The number of phenols is 1. The zero-order chi connectivity index (χ0) is 34.4. The topological polar surface area (TPSA) is 83.8 Å². The summed E-state index contributed by atoms with van der Waals surface area (Å²) in [5, 5.41) is 11.6. The largest absolute Gasteiger partial charge is 0.508 e. The lowest BCUT2D eigenvalue weighted by Gasteiger charge is -2.32. The molecule has 2 aromatic carbocycles. The van der Waals surface area contributed by atoms with E-state index in [2.05, 4.69) is 39.5 Å². The Balaban J connectivity index is 1.37. The summed E-state index contributed by atoms with van der Waals surface area (Å²) in [5.41, 5.74) is -0.317. The molecule has 2 unspecified atom stereocenters. The van der Waals surface area contributed by atoms with Crippen molar-refractivity contribution < 1.29 is 27.8 Å². The second kappa shape index (κ2) is 13.2. The van der Waals surface area contributed by atoms with Crippen LogP contribution in [0.15, 0.2) is 24.3 Å². The molecular formula is C38H42F3N5O3. The van der Waals surface area contributed by atoms with E-state index in [9.17, 15) is 13.9 Å². The average Bonchev–Trinajstić information content (AvgIpc) is 3.88. The molecule has 3 fully saturated rings. The fraction of sp³-hybridized carbons (Fsp3) is 0.500. The lowest BCUT2D eigenvalue weighted by atomic mass is 9.95. The number of benzene rings is 2. The summed E-state index contributed by atoms with van der Waals surface area (Å²) >= 11 is 0. The van der Waals surface area contributed by atoms with Crippen molar-refractivity contribution in [3.05, 3.63) is 41.5 Å². The number of halogens is 3. The van der Waals surface area contributed by atoms with Gasteiger partial charge in [-0.1, -0.05) is 25.8 Å². The van der Waals surface area contributed by atoms with Gasteiger partial charge in [-0.25, -0.2) is 18.2 Å². The molecule has 1 saturated carbocycles. The van der Waals surface area contributed by atoms with Crippen LogP contribution in [-0.4, -0.2) is 77.6 Å². The first-order valence-corrected chi connectivity index (χ1v) is 17.2. The fourth-order valence-corrected chi connectivity index (χ4v) is 7.50. The smallest absolute Gasteiger partial charge is 0.319 e. The van der Waals surface area contributed by atoms with Gasteiger partial charge in [-0.05, 0) is 73.9 Å². The highest BCUT2D eigenvalue weighted by atomic mass is 19.1. The van der Waals surface area contributed by atoms with Gasteiger partial charge in [-0.3, -0.25) is 0 Å². The van der Waals surface area contributed by atoms with Gasteiger partial charge in [0.15, 0.2) is 5.82 Å². The van der Waals surface area contributed by atoms with Crippen LogP contribution in [0, 0.1) is 41.2 Å². The summed E-state index contributed by atoms with van der Waals surface area (Å²) in [5.74, 6) is 2.06. The van der Waals surface area contributed by atoms with Crippen molar-refractivity contribution in [2.24, 2.45) is 17.3 Å². The molecule has 2 aromatic heterocycles. The number of alkyl halides is 1. The van der Waals surface area contributed by atoms with E-state index in [1.807, 2.05) is 0 Å². The number of pyridine rings is 1. The first-order chi connectivity index (χ1) is 23.6. The molecule has 0 radical (unpaired) electrons. The van der Waals surface area contributed by atoms with Gasteiger partial charge in [0, 0.05) is 49.1 Å². The van der Waals surface area contributed by atoms with Crippen LogP contribution in [-0.2, 0) is 0 Å². The number of ether oxygens (including phenoxy) is 2. The third-order valence-electron chi connectivity index (χ3n) is 10.4. The average molecular weight is 674 g/mol. The Labute approximate surface area is 284 Å². The Kier molecular flexibility index (Phi) is 8.94. The molecular weight excluding hydrogens is 631 g/mol. The zero-order valence-electron chi connectivity index (χ0n) is 28.2. The molecule has 0 bridgehead atoms. The van der Waals surface area contributed by atoms with Crippen LogP contribution in [0.3, 0.4) is 0 Å². The van der Waals surface area contributed by atoms with E-state index in [0.29, 0.717) is 61.0 Å². The van der Waals surface area contributed by atoms with Crippen LogP contribution in [0.4, 0.5) is 19.0 Å². The molecule has 0 spiro atoms. The quantitative estimate of drug-likeness (QED) is 0.196. The maximum atomic E-state index is 17.1. The minimum atomic E-state index is -0.797. The van der Waals surface area contributed by atoms with E-state index in [1.165, 1.54) is 31.4 Å². The number of aromatic nitrogens is 3. The first kappa shape index (κ1) is 33.2. The zero-order valence-corrected chi connectivity index (χ0v) is 28.2. The first-order valence-electron chi connectivity index (χ1n) is 17.2. The second-order valence-corrected chi connectivity index (χ2v) is 14.4. The Morgan fingerprint density at radius 3 is 2.37 bits per heavy atom. The molecule has 1 aliphatic carbocycles. The summed E-state index contributed by atoms with van der Waals surface area (Å²) in [4.78, 5) is 18.6. The highest BCUT2D eigenvalue weighted by Crippen LogP contribution is 2.47. The van der Waals surface area contributed by atoms with Crippen LogP contribution < -0.4 is 14.4 Å². The molecule has 11 heteroatoms. The number of aromatic hydroxyl groups is 1. The van der Waals surface area contributed by atoms with Crippen LogP contribution in [0.25, 0.3) is 32.9 Å². The van der Waals surface area contributed by atoms with Crippen LogP contribution in [0.2, 0.25) is 0 Å². The predicted molar refractivity (Wildman–Crippen MR) is 184 cm³/mol. The van der Waals surface area contributed by atoms with E-state index in [-0.39, 0.29) is 50.8 Å². The summed E-state index contributed by atoms with van der Waals surface area (Å²) in [6.07, 6.45) is 10.1. The third-order valence-corrected chi connectivity index (χ3v) is 10.4. The standard InChI is InChI=1S/C38H42F3N5O3/c1-5-27-29(40)9-8-24-16-26(47)17-28(30(24)27)33-32(41)34-31(36(42-33)48-4)35(46-18-22(2)6-7-23(3)19-46)44-37(43-34)49-21-38(12-13-38)20-45-14-10-25(39)11-15-45/h1,8-9,16-17,22-23,25,47H,6-7,10-15,18-21H2,2-4H3. The van der Waals surface area contributed by atoms with Crippen molar-refractivity contribution in [2.45, 2.75) is 58.5 Å². The molecule has 7 rings (SSSR count). The van der Waals surface area contributed by atoms with Crippen molar-refractivity contribution in [1.82, 2.24) is 19.9 Å². The van der Waals surface area contributed by atoms with Gasteiger partial charge in [0.05, 0.1) is 19.3 Å². The molecule has 0 amide bonds. The number of phenolic OH excluding ortho intramolecular Hbond substituents is 1. The number of anilines is 1. The number of fused-ring (bicyclic) bond motifs is 2. The minimum absolute atomic E-state index is 0.0371. The van der Waals surface area contributed by atoms with Gasteiger partial charge in [-0.15, -0.1) is 6.42 Å². The number of terminal acetylenes is 1. The van der Waals surface area contributed by atoms with Gasteiger partial charge in [0.25, 0.3) is 0 Å². The number of methoxy groups -OCH3 is 1. The maximum Gasteiger partial charge on any atom is 0.319 e. The summed E-state index contributed by atoms with van der Waals surface area (Å²) in [6, 6.07) is 5.49. The second-order valence-electron chi connectivity index (χ2n) is 14.4. The van der Waals surface area contributed by atoms with Crippen LogP contribution >= 0.6 is 0 Å². The number of nitrogens with zero attached hydrogens (tertiary/aromatic N) is 5. The molecule has 2 saturated heterocycles. The number of hydrogen-bond donors (Lipinski definition) is 1. The Hall–Kier alpha value is -4.30. The van der Waals surface area contributed by atoms with E-state index in [0.717, 1.165) is 45.3 Å². The van der Waals surface area contributed by atoms with E-state index in [1.54, 1.807) is 0 Å². The molecule has 3 aliphatic rings. The molecule has 4 aromatic rings. The molecule has 4 heterocycles. The third kappa shape index (κ3) is 6.55. The number of rotatable bonds is 8. The van der Waals surface area contributed by atoms with Gasteiger partial charge in [-0.2, -0.15) is 9.97 Å². The van der Waals surface area contributed by atoms with Gasteiger partial charge < -0.3 is 24.4 Å². The normalized spacial score (nSPS) is 21.4. The van der Waals surface area contributed by atoms with Crippen LogP contribution in [0.1, 0.15) is 57.9 Å². The van der Waals surface area contributed by atoms with Crippen LogP contribution in [0.5, 0.6) is 17.6 Å². The predicted octanol–water partition coefficient (Wildman–Crippen LogP) is 7.28. The summed E-state index contributed by atoms with van der Waals surface area (Å²) < 4.78 is 58.0. The van der Waals surface area contributed by atoms with Gasteiger partial charge in [0.2, 0.25) is 5.88 Å². The van der Waals surface area contributed by atoms with E-state index >= 15 is 4.39 Å². The molecule has 2 atom stereocenters. The van der Waals surface area contributed by atoms with E-state index in [4.69, 9.17) is 20.9 Å². The highest BCUT2D eigenvalue weighted by molar-refractivity contribution is 6.04. The SMILES string of the molecule is C#Cc1c(F)ccc2cc(O)cc(-c3nc(OC)c4c(N5CC(C)CCC(C)C5)nc(OCC5(CN6CCC(F)CC6)CC5)nc4c3F)c12. The molecule has 2 aliphatic heterocycles. The highest BCUT2D eigenvalue weighted by Gasteiger charge is 2.45. The van der Waals surface area contributed by atoms with Crippen molar-refractivity contribution in [1.29, 1.82) is 0 Å². The molecule has 258 valence electrons. The minimum Gasteiger partial charge on any atom is -0.508 e. The van der Waals surface area contributed by atoms with Crippen molar-refractivity contribution in [3.8, 4) is 41.2 Å². The van der Waals surface area contributed by atoms with Crippen molar-refractivity contribution in [3.63, 3.8) is 0 Å². The molecule has 49 heavy (non-hydrogen) atoms. The van der Waals surface area contributed by atoms with Gasteiger partial charge in [0.1, 0.15) is 40.2 Å². The summed E-state index contributed by atoms with van der Waals surface area (Å²) in [7, 11) is 1.45. The van der Waals surface area contributed by atoms with Gasteiger partial charge >= 0.3 is 6.01 Å². The van der Waals surface area contributed by atoms with Crippen molar-refractivity contribution in [2.75, 3.05) is 51.3 Å². The summed E-state index contributed by atoms with van der Waals surface area (Å²) in [6.45, 7) is 8.36. The number of hydrogen-bond acceptors (Lipinski definition) is 8. The Bertz CT molecular complexity index is 1920. The lowest BCUT2D eigenvalue weighted by molar-refractivity contribution is 0.107. The van der Waals surface area contributed by atoms with Crippen molar-refractivity contribution >= 4 is 27.5 Å². The Morgan fingerprint density at radius 2 is 1.71 bits per heavy atom. The fourth-order valence-electron chi connectivity index (χ4n) is 7.50. The Morgan fingerprint density at radius 1 is 1.00 bits per heavy atom. The van der Waals surface area contributed by atoms with E-state index < -0.39 is 17.8 Å². The molecule has 8 nitrogen and oxygen atoms in total. The molecule has 1 N–H and O–H groups in total. The monoisotopic (exact) mass is 673 g/mol. The number of likely N-dealkylation sites (tertiary alicyclic amines) is 1.